The molecule has 0 radical (unpaired) electrons. The number of aromatic amines is 2. The van der Waals surface area contributed by atoms with E-state index in [0.29, 0.717) is 24.7 Å². The molecule has 4 heterocycles. The number of benzene rings is 2. The largest absolute Gasteiger partial charge is 0.453 e. The predicted molar refractivity (Wildman–Crippen MR) is 213 cm³/mol. The molecule has 14 heteroatoms. The van der Waals surface area contributed by atoms with E-state index in [1.165, 1.54) is 14.2 Å². The number of carbonyl (C=O) groups excluding carboxylic acids is 4. The highest BCUT2D eigenvalue weighted by Gasteiger charge is 2.38. The number of aromatic nitrogens is 4. The Labute approximate surface area is 327 Å². The summed E-state index contributed by atoms with van der Waals surface area (Å²) in [4.78, 5) is 69.0. The molecule has 6 rings (SSSR count). The summed E-state index contributed by atoms with van der Waals surface area (Å²) in [5.74, 6) is 0.927. The Morgan fingerprint density at radius 3 is 1.32 bits per heavy atom. The molecule has 0 fully saturated rings. The highest BCUT2D eigenvalue weighted by Crippen LogP contribution is 2.32. The monoisotopic (exact) mass is 764 g/mol. The smallest absolute Gasteiger partial charge is 0.407 e. The number of H-pyrrole nitrogens is 2. The van der Waals surface area contributed by atoms with Crippen LogP contribution in [0, 0.1) is 11.8 Å². The Kier molecular flexibility index (Phi) is 13.5. The first-order chi connectivity index (χ1) is 26.8. The van der Waals surface area contributed by atoms with Crippen LogP contribution in [0.3, 0.4) is 0 Å². The normalized spacial score (nSPS) is 17.4. The summed E-state index contributed by atoms with van der Waals surface area (Å²) in [6.07, 6.45) is 6.39. The van der Waals surface area contributed by atoms with E-state index < -0.39 is 24.3 Å². The summed E-state index contributed by atoms with van der Waals surface area (Å²) in [5, 5.41) is 5.31. The van der Waals surface area contributed by atoms with Crippen LogP contribution in [-0.4, -0.2) is 93.1 Å². The Morgan fingerprint density at radius 1 is 0.643 bits per heavy atom. The third kappa shape index (κ3) is 9.73. The summed E-state index contributed by atoms with van der Waals surface area (Å²) in [7, 11) is 2.57. The molecule has 0 saturated heterocycles. The number of ether oxygens (including phenoxy) is 2. The van der Waals surface area contributed by atoms with E-state index in [1.54, 1.807) is 22.2 Å². The van der Waals surface area contributed by atoms with Crippen molar-refractivity contribution in [2.45, 2.75) is 65.7 Å². The number of carbonyl (C=O) groups is 4. The van der Waals surface area contributed by atoms with E-state index in [1.807, 2.05) is 114 Å². The maximum absolute atomic E-state index is 13.2. The fourth-order valence-corrected chi connectivity index (χ4v) is 6.70. The SMILES string of the molecule is COC(=O)N[C@H](C(=O)N1CC(C)=C[C@H]1c1ncc(-c2ccccc2)[nH]1)C(C)C.COC(=O)N[C@H](C(=O)N1CC(C)=C[C@H]1c1ncc(-c2ccccc2)[nH]1)C(C)C. The van der Waals surface area contributed by atoms with Crippen molar-refractivity contribution in [1.29, 1.82) is 0 Å². The fourth-order valence-electron chi connectivity index (χ4n) is 6.70. The van der Waals surface area contributed by atoms with E-state index >= 15 is 0 Å². The lowest BCUT2D eigenvalue weighted by molar-refractivity contribution is -0.135. The van der Waals surface area contributed by atoms with Crippen LogP contribution in [0.2, 0.25) is 0 Å². The zero-order valence-corrected chi connectivity index (χ0v) is 33.2. The van der Waals surface area contributed by atoms with Crippen molar-refractivity contribution in [2.24, 2.45) is 11.8 Å². The van der Waals surface area contributed by atoms with Crippen LogP contribution in [0.1, 0.15) is 65.3 Å². The number of imidazole rings is 2. The molecule has 0 aliphatic carbocycles. The minimum Gasteiger partial charge on any atom is -0.453 e. The second-order valence-corrected chi connectivity index (χ2v) is 14.7. The van der Waals surface area contributed by atoms with Crippen molar-refractivity contribution < 1.29 is 28.7 Å². The molecule has 4 N–H and O–H groups in total. The minimum atomic E-state index is -0.669. The molecule has 2 aromatic carbocycles. The van der Waals surface area contributed by atoms with Crippen molar-refractivity contribution in [1.82, 2.24) is 40.4 Å². The Balaban J connectivity index is 0.000000214. The maximum Gasteiger partial charge on any atom is 0.407 e. The van der Waals surface area contributed by atoms with Gasteiger partial charge < -0.3 is 39.9 Å². The van der Waals surface area contributed by atoms with Gasteiger partial charge in [-0.1, -0.05) is 112 Å². The molecule has 14 nitrogen and oxygen atoms in total. The highest BCUT2D eigenvalue weighted by atomic mass is 16.5. The van der Waals surface area contributed by atoms with Crippen molar-refractivity contribution >= 4 is 24.0 Å². The summed E-state index contributed by atoms with van der Waals surface area (Å²) in [6.45, 7) is 12.5. The summed E-state index contributed by atoms with van der Waals surface area (Å²) < 4.78 is 9.35. The van der Waals surface area contributed by atoms with Crippen molar-refractivity contribution in [2.75, 3.05) is 27.3 Å². The number of rotatable bonds is 10. The van der Waals surface area contributed by atoms with Crippen LogP contribution in [0.25, 0.3) is 22.5 Å². The number of alkyl carbamates (subject to hydrolysis) is 2. The molecule has 0 unspecified atom stereocenters. The number of hydrogen-bond acceptors (Lipinski definition) is 8. The van der Waals surface area contributed by atoms with E-state index in [4.69, 9.17) is 0 Å². The van der Waals surface area contributed by atoms with Gasteiger partial charge >= 0.3 is 12.2 Å². The van der Waals surface area contributed by atoms with Gasteiger partial charge in [0.1, 0.15) is 35.8 Å². The molecule has 4 amide bonds. The summed E-state index contributed by atoms with van der Waals surface area (Å²) in [6, 6.07) is 17.9. The molecule has 2 aliphatic rings. The van der Waals surface area contributed by atoms with Crippen LogP contribution in [-0.2, 0) is 19.1 Å². The van der Waals surface area contributed by atoms with Gasteiger partial charge in [0.05, 0.1) is 38.0 Å². The molecule has 2 aliphatic heterocycles. The molecule has 56 heavy (non-hydrogen) atoms. The first-order valence-corrected chi connectivity index (χ1v) is 18.7. The average molecular weight is 765 g/mol. The number of hydrogen-bond donors (Lipinski definition) is 4. The van der Waals surface area contributed by atoms with E-state index in [0.717, 1.165) is 33.7 Å². The first kappa shape index (κ1) is 41.0. The molecular weight excluding hydrogens is 713 g/mol. The van der Waals surface area contributed by atoms with Gasteiger partial charge in [0.15, 0.2) is 0 Å². The fraction of sp³-hybridized carbons (Fsp3) is 0.381. The minimum absolute atomic E-state index is 0.0790. The van der Waals surface area contributed by atoms with Gasteiger partial charge in [0.25, 0.3) is 0 Å². The van der Waals surface area contributed by atoms with E-state index in [2.05, 4.69) is 40.0 Å². The Hall–Kier alpha value is -6.18. The van der Waals surface area contributed by atoms with Gasteiger partial charge in [0.2, 0.25) is 11.8 Å². The molecule has 4 atom stereocenters. The summed E-state index contributed by atoms with van der Waals surface area (Å²) in [5.41, 5.74) is 6.02. The van der Waals surface area contributed by atoms with Crippen LogP contribution >= 0.6 is 0 Å². The Bertz CT molecular complexity index is 1890. The molecule has 4 aromatic rings. The average Bonchev–Trinajstić information content (AvgIpc) is 4.02. The number of nitrogens with one attached hydrogen (secondary N) is 4. The van der Waals surface area contributed by atoms with Crippen LogP contribution < -0.4 is 10.6 Å². The van der Waals surface area contributed by atoms with Gasteiger partial charge in [-0.15, -0.1) is 0 Å². The maximum atomic E-state index is 13.2. The third-order valence-electron chi connectivity index (χ3n) is 9.67. The zero-order chi connectivity index (χ0) is 40.5. The lowest BCUT2D eigenvalue weighted by atomic mass is 10.0. The predicted octanol–water partition coefficient (Wildman–Crippen LogP) is 6.57. The molecule has 0 saturated carbocycles. The zero-order valence-electron chi connectivity index (χ0n) is 33.2. The lowest BCUT2D eigenvalue weighted by Crippen LogP contribution is -2.51. The molecule has 296 valence electrons. The number of methoxy groups -OCH3 is 2. The number of amides is 4. The van der Waals surface area contributed by atoms with Crippen LogP contribution in [0.15, 0.2) is 96.4 Å². The van der Waals surface area contributed by atoms with Gasteiger partial charge in [-0.2, -0.15) is 0 Å². The topological polar surface area (TPSA) is 175 Å². The quantitative estimate of drug-likeness (QED) is 0.131. The van der Waals surface area contributed by atoms with Gasteiger partial charge in [-0.3, -0.25) is 9.59 Å². The van der Waals surface area contributed by atoms with Crippen molar-refractivity contribution in [3.05, 3.63) is 108 Å². The van der Waals surface area contributed by atoms with E-state index in [-0.39, 0.29) is 35.7 Å². The lowest BCUT2D eigenvalue weighted by Gasteiger charge is -2.30. The van der Waals surface area contributed by atoms with Crippen molar-refractivity contribution in [3.63, 3.8) is 0 Å². The first-order valence-electron chi connectivity index (χ1n) is 18.7. The van der Waals surface area contributed by atoms with Crippen LogP contribution in [0.5, 0.6) is 0 Å². The molecular formula is C42H52N8O6. The van der Waals surface area contributed by atoms with Crippen molar-refractivity contribution in [3.8, 4) is 22.5 Å². The molecule has 0 spiro atoms. The van der Waals surface area contributed by atoms with Crippen LogP contribution in [0.4, 0.5) is 9.59 Å². The Morgan fingerprint density at radius 2 is 1.00 bits per heavy atom. The highest BCUT2D eigenvalue weighted by molar-refractivity contribution is 5.88. The third-order valence-corrected chi connectivity index (χ3v) is 9.67. The van der Waals surface area contributed by atoms with Gasteiger partial charge in [0, 0.05) is 13.1 Å². The molecule has 0 bridgehead atoms. The standard InChI is InChI=1S/2C21H26N4O3/c2*1-13(2)18(24-21(27)28-4)20(26)25-12-14(3)10-17(25)19-22-11-16(23-19)15-8-6-5-7-9-15/h2*5-11,13,17-18H,12H2,1-4H3,(H,22,23)(H,24,27)/t2*17-,18-/m00/s1. The molecule has 2 aromatic heterocycles. The second-order valence-electron chi connectivity index (χ2n) is 14.7. The second kappa shape index (κ2) is 18.4. The van der Waals surface area contributed by atoms with Gasteiger partial charge in [-0.05, 0) is 36.8 Å². The summed E-state index contributed by atoms with van der Waals surface area (Å²) >= 11 is 0. The van der Waals surface area contributed by atoms with Gasteiger partial charge in [-0.25, -0.2) is 19.6 Å². The van der Waals surface area contributed by atoms with E-state index in [9.17, 15) is 19.2 Å². The number of nitrogens with zero attached hydrogens (tertiary/aromatic N) is 4.